The van der Waals surface area contributed by atoms with Crippen LogP contribution in [0.3, 0.4) is 0 Å². The smallest absolute Gasteiger partial charge is 0.239 e. The lowest BCUT2D eigenvalue weighted by Crippen LogP contribution is -2.31. The van der Waals surface area contributed by atoms with E-state index in [0.717, 1.165) is 25.2 Å². The Kier molecular flexibility index (Phi) is 8.28. The zero-order valence-corrected chi connectivity index (χ0v) is 13.3. The van der Waals surface area contributed by atoms with E-state index < -0.39 is 0 Å². The summed E-state index contributed by atoms with van der Waals surface area (Å²) < 4.78 is 4.93. The lowest BCUT2D eigenvalue weighted by atomic mass is 10.2. The van der Waals surface area contributed by atoms with Crippen molar-refractivity contribution < 1.29 is 9.53 Å². The Bertz CT molecular complexity index is 402. The fourth-order valence-corrected chi connectivity index (χ4v) is 2.07. The summed E-state index contributed by atoms with van der Waals surface area (Å²) in [5.74, 6) is -0.000998. The predicted molar refractivity (Wildman–Crippen MR) is 88.0 cm³/mol. The van der Waals surface area contributed by atoms with Crippen molar-refractivity contribution in [3.05, 3.63) is 24.3 Å². The summed E-state index contributed by atoms with van der Waals surface area (Å²) in [7, 11) is 1.66. The molecule has 0 fully saturated rings. The number of carbonyl (C=O) groups excluding carboxylic acids is 1. The largest absolute Gasteiger partial charge is 0.385 e. The van der Waals surface area contributed by atoms with E-state index in [1.54, 1.807) is 7.11 Å². The van der Waals surface area contributed by atoms with Crippen molar-refractivity contribution in [2.45, 2.75) is 20.3 Å². The van der Waals surface area contributed by atoms with Gasteiger partial charge in [-0.25, -0.2) is 0 Å². The number of methoxy groups -OCH3 is 1. The summed E-state index contributed by atoms with van der Waals surface area (Å²) in [4.78, 5) is 13.9. The van der Waals surface area contributed by atoms with E-state index in [4.69, 9.17) is 4.74 Å². The number of anilines is 2. The molecule has 0 radical (unpaired) electrons. The summed E-state index contributed by atoms with van der Waals surface area (Å²) in [5.41, 5.74) is 2.16. The van der Waals surface area contributed by atoms with Crippen molar-refractivity contribution >= 4 is 17.3 Å². The zero-order chi connectivity index (χ0) is 15.5. The van der Waals surface area contributed by atoms with Gasteiger partial charge >= 0.3 is 0 Å². The third-order valence-electron chi connectivity index (χ3n) is 3.30. The van der Waals surface area contributed by atoms with Crippen LogP contribution in [0.4, 0.5) is 11.4 Å². The van der Waals surface area contributed by atoms with E-state index in [-0.39, 0.29) is 12.5 Å². The van der Waals surface area contributed by atoms with Gasteiger partial charge in [0.05, 0.1) is 6.54 Å². The molecule has 21 heavy (non-hydrogen) atoms. The molecule has 0 aliphatic carbocycles. The number of nitrogens with one attached hydrogen (secondary N) is 2. The van der Waals surface area contributed by atoms with E-state index in [1.165, 1.54) is 5.69 Å². The number of ether oxygens (including phenoxy) is 1. The summed E-state index contributed by atoms with van der Waals surface area (Å²) in [6.07, 6.45) is 0.834. The standard InChI is InChI=1S/C16H27N3O2/c1-4-19(5-2)15-9-7-14(8-10-15)18-13-16(20)17-11-6-12-21-3/h7-10,18H,4-6,11-13H2,1-3H3,(H,17,20). The number of hydrogen-bond donors (Lipinski definition) is 2. The summed E-state index contributed by atoms with van der Waals surface area (Å²) >= 11 is 0. The van der Waals surface area contributed by atoms with Gasteiger partial charge in [0.15, 0.2) is 0 Å². The quantitative estimate of drug-likeness (QED) is 0.649. The van der Waals surface area contributed by atoms with Crippen LogP contribution in [-0.4, -0.2) is 45.8 Å². The second kappa shape index (κ2) is 10.0. The zero-order valence-electron chi connectivity index (χ0n) is 13.3. The normalized spacial score (nSPS) is 10.2. The van der Waals surface area contributed by atoms with Gasteiger partial charge in [-0.3, -0.25) is 4.79 Å². The van der Waals surface area contributed by atoms with Gasteiger partial charge in [0.1, 0.15) is 0 Å². The Morgan fingerprint density at radius 1 is 1.19 bits per heavy atom. The number of benzene rings is 1. The van der Waals surface area contributed by atoms with Crippen molar-refractivity contribution in [3.8, 4) is 0 Å². The maximum absolute atomic E-state index is 11.6. The minimum absolute atomic E-state index is 0.000998. The molecule has 1 rings (SSSR count). The van der Waals surface area contributed by atoms with E-state index >= 15 is 0 Å². The first-order valence-corrected chi connectivity index (χ1v) is 7.55. The molecule has 0 aromatic heterocycles. The summed E-state index contributed by atoms with van der Waals surface area (Å²) in [6.45, 7) is 7.88. The average Bonchev–Trinajstić information content (AvgIpc) is 2.52. The van der Waals surface area contributed by atoms with Gasteiger partial charge in [0.25, 0.3) is 0 Å². The molecule has 5 heteroatoms. The fraction of sp³-hybridized carbons (Fsp3) is 0.562. The Morgan fingerprint density at radius 3 is 2.43 bits per heavy atom. The van der Waals surface area contributed by atoms with Gasteiger partial charge in [-0.2, -0.15) is 0 Å². The lowest BCUT2D eigenvalue weighted by Gasteiger charge is -2.21. The number of amides is 1. The van der Waals surface area contributed by atoms with Gasteiger partial charge in [0.2, 0.25) is 5.91 Å². The van der Waals surface area contributed by atoms with Crippen LogP contribution >= 0.6 is 0 Å². The highest BCUT2D eigenvalue weighted by atomic mass is 16.5. The fourth-order valence-electron chi connectivity index (χ4n) is 2.07. The minimum Gasteiger partial charge on any atom is -0.385 e. The Labute approximate surface area is 127 Å². The highest BCUT2D eigenvalue weighted by Crippen LogP contribution is 2.17. The van der Waals surface area contributed by atoms with Crippen molar-refractivity contribution in [2.75, 3.05) is 50.1 Å². The van der Waals surface area contributed by atoms with Crippen LogP contribution in [0.5, 0.6) is 0 Å². The van der Waals surface area contributed by atoms with Crippen LogP contribution in [0.1, 0.15) is 20.3 Å². The molecule has 0 aliphatic heterocycles. The van der Waals surface area contributed by atoms with E-state index in [1.807, 2.05) is 12.1 Å². The number of rotatable bonds is 10. The first-order valence-electron chi connectivity index (χ1n) is 7.55. The molecule has 1 amide bonds. The molecule has 0 spiro atoms. The first-order chi connectivity index (χ1) is 10.2. The van der Waals surface area contributed by atoms with Crippen molar-refractivity contribution in [3.63, 3.8) is 0 Å². The van der Waals surface area contributed by atoms with Crippen molar-refractivity contribution in [1.29, 1.82) is 0 Å². The second-order valence-corrected chi connectivity index (χ2v) is 4.77. The van der Waals surface area contributed by atoms with Gasteiger partial charge in [-0.1, -0.05) is 0 Å². The van der Waals surface area contributed by atoms with E-state index in [0.29, 0.717) is 13.2 Å². The first kappa shape index (κ1) is 17.3. The molecular formula is C16H27N3O2. The Morgan fingerprint density at radius 2 is 1.86 bits per heavy atom. The van der Waals surface area contributed by atoms with Crippen LogP contribution in [0.15, 0.2) is 24.3 Å². The molecule has 0 saturated heterocycles. The average molecular weight is 293 g/mol. The van der Waals surface area contributed by atoms with Gasteiger partial charge in [-0.05, 0) is 44.5 Å². The second-order valence-electron chi connectivity index (χ2n) is 4.77. The minimum atomic E-state index is -0.000998. The number of nitrogens with zero attached hydrogens (tertiary/aromatic N) is 1. The monoisotopic (exact) mass is 293 g/mol. The van der Waals surface area contributed by atoms with Crippen molar-refractivity contribution in [1.82, 2.24) is 5.32 Å². The van der Waals surface area contributed by atoms with Crippen LogP contribution in [0, 0.1) is 0 Å². The van der Waals surface area contributed by atoms with E-state index in [2.05, 4.69) is 41.5 Å². The maximum Gasteiger partial charge on any atom is 0.239 e. The highest BCUT2D eigenvalue weighted by Gasteiger charge is 2.03. The molecule has 0 bridgehead atoms. The Hall–Kier alpha value is -1.75. The van der Waals surface area contributed by atoms with Crippen LogP contribution in [-0.2, 0) is 9.53 Å². The molecule has 1 aromatic carbocycles. The Balaban J connectivity index is 2.33. The van der Waals surface area contributed by atoms with Crippen molar-refractivity contribution in [2.24, 2.45) is 0 Å². The highest BCUT2D eigenvalue weighted by molar-refractivity contribution is 5.80. The third kappa shape index (κ3) is 6.49. The third-order valence-corrected chi connectivity index (χ3v) is 3.30. The van der Waals surface area contributed by atoms with Crippen LogP contribution < -0.4 is 15.5 Å². The molecule has 0 atom stereocenters. The van der Waals surface area contributed by atoms with Gasteiger partial charge < -0.3 is 20.3 Å². The molecule has 118 valence electrons. The molecule has 0 heterocycles. The maximum atomic E-state index is 11.6. The molecule has 0 aliphatic rings. The number of carbonyl (C=O) groups is 1. The predicted octanol–water partition coefficient (Wildman–Crippen LogP) is 2.10. The van der Waals surface area contributed by atoms with Crippen LogP contribution in [0.25, 0.3) is 0 Å². The molecule has 0 unspecified atom stereocenters. The molecule has 2 N–H and O–H groups in total. The summed E-state index contributed by atoms with van der Waals surface area (Å²) in [5, 5.41) is 5.97. The van der Waals surface area contributed by atoms with Gasteiger partial charge in [0, 0.05) is 44.7 Å². The molecule has 0 saturated carbocycles. The molecule has 1 aromatic rings. The lowest BCUT2D eigenvalue weighted by molar-refractivity contribution is -0.119. The van der Waals surface area contributed by atoms with Crippen LogP contribution in [0.2, 0.25) is 0 Å². The summed E-state index contributed by atoms with van der Waals surface area (Å²) in [6, 6.07) is 8.16. The topological polar surface area (TPSA) is 53.6 Å². The SMILES string of the molecule is CCN(CC)c1ccc(NCC(=O)NCCCOC)cc1. The molecule has 5 nitrogen and oxygen atoms in total. The molecular weight excluding hydrogens is 266 g/mol. The van der Waals surface area contributed by atoms with E-state index in [9.17, 15) is 4.79 Å². The number of hydrogen-bond acceptors (Lipinski definition) is 4. The van der Waals surface area contributed by atoms with Gasteiger partial charge in [-0.15, -0.1) is 0 Å².